The number of carboxylic acids is 2. The van der Waals surface area contributed by atoms with Crippen molar-refractivity contribution in [1.29, 1.82) is 0 Å². The van der Waals surface area contributed by atoms with E-state index in [1.54, 1.807) is 0 Å². The lowest BCUT2D eigenvalue weighted by atomic mass is 10.2. The molecular weight excluding hydrogens is 224 g/mol. The van der Waals surface area contributed by atoms with Gasteiger partial charge in [0.2, 0.25) is 0 Å². The zero-order valence-electron chi connectivity index (χ0n) is 7.44. The van der Waals surface area contributed by atoms with Crippen LogP contribution in [0.3, 0.4) is 0 Å². The molecule has 80 valence electrons. The van der Waals surface area contributed by atoms with Crippen LogP contribution in [-0.4, -0.2) is 28.8 Å². The maximum Gasteiger partial charge on any atom is 0.341 e. The smallest absolute Gasteiger partial charge is 0.341 e. The topological polar surface area (TPSA) is 83.8 Å². The van der Waals surface area contributed by atoms with E-state index < -0.39 is 18.5 Å². The lowest BCUT2D eigenvalue weighted by Gasteiger charge is -2.04. The fourth-order valence-corrected chi connectivity index (χ4v) is 1.10. The molecule has 0 bridgehead atoms. The highest BCUT2D eigenvalue weighted by Crippen LogP contribution is 2.21. The van der Waals surface area contributed by atoms with E-state index in [-0.39, 0.29) is 16.3 Å². The van der Waals surface area contributed by atoms with E-state index in [0.717, 1.165) is 0 Å². The zero-order chi connectivity index (χ0) is 11.4. The maximum absolute atomic E-state index is 10.7. The Kier molecular flexibility index (Phi) is 3.51. The average molecular weight is 231 g/mol. The van der Waals surface area contributed by atoms with Gasteiger partial charge in [-0.05, 0) is 18.2 Å². The van der Waals surface area contributed by atoms with E-state index in [9.17, 15) is 9.59 Å². The number of hydrogen-bond acceptors (Lipinski definition) is 3. The standard InChI is InChI=1S/C9H7ClO5/c10-7-2-1-5(15-4-8(11)12)3-6(7)9(13)14/h1-3H,4H2,(H,11,12)(H,13,14). The van der Waals surface area contributed by atoms with Gasteiger partial charge in [-0.15, -0.1) is 0 Å². The predicted octanol–water partition coefficient (Wildman–Crippen LogP) is 1.50. The summed E-state index contributed by atoms with van der Waals surface area (Å²) in [5.41, 5.74) is -0.125. The fraction of sp³-hybridized carbons (Fsp3) is 0.111. The third-order valence-electron chi connectivity index (χ3n) is 1.53. The Bertz CT molecular complexity index is 401. The third kappa shape index (κ3) is 3.14. The lowest BCUT2D eigenvalue weighted by molar-refractivity contribution is -0.139. The van der Waals surface area contributed by atoms with E-state index >= 15 is 0 Å². The van der Waals surface area contributed by atoms with Crippen molar-refractivity contribution >= 4 is 23.5 Å². The van der Waals surface area contributed by atoms with Crippen LogP contribution in [0.25, 0.3) is 0 Å². The fourth-order valence-electron chi connectivity index (χ4n) is 0.903. The molecular formula is C9H7ClO5. The van der Waals surface area contributed by atoms with Crippen molar-refractivity contribution in [2.75, 3.05) is 6.61 Å². The predicted molar refractivity (Wildman–Crippen MR) is 51.5 cm³/mol. The van der Waals surface area contributed by atoms with Crippen molar-refractivity contribution in [1.82, 2.24) is 0 Å². The minimum Gasteiger partial charge on any atom is -0.482 e. The molecule has 0 heterocycles. The number of ether oxygens (including phenoxy) is 1. The number of halogens is 1. The third-order valence-corrected chi connectivity index (χ3v) is 1.86. The van der Waals surface area contributed by atoms with E-state index in [1.807, 2.05) is 0 Å². The Morgan fingerprint density at radius 3 is 2.53 bits per heavy atom. The van der Waals surface area contributed by atoms with Crippen molar-refractivity contribution in [2.24, 2.45) is 0 Å². The van der Waals surface area contributed by atoms with Gasteiger partial charge < -0.3 is 14.9 Å². The molecule has 0 radical (unpaired) electrons. The Morgan fingerprint density at radius 1 is 1.33 bits per heavy atom. The van der Waals surface area contributed by atoms with Crippen LogP contribution in [0.1, 0.15) is 10.4 Å². The maximum atomic E-state index is 10.7. The van der Waals surface area contributed by atoms with Gasteiger partial charge in [-0.2, -0.15) is 0 Å². The van der Waals surface area contributed by atoms with E-state index in [1.165, 1.54) is 18.2 Å². The van der Waals surface area contributed by atoms with Gasteiger partial charge in [0.15, 0.2) is 6.61 Å². The molecule has 5 nitrogen and oxygen atoms in total. The summed E-state index contributed by atoms with van der Waals surface area (Å²) in [7, 11) is 0. The molecule has 0 saturated carbocycles. The Morgan fingerprint density at radius 2 is 2.00 bits per heavy atom. The molecule has 0 amide bonds. The molecule has 0 aromatic heterocycles. The largest absolute Gasteiger partial charge is 0.482 e. The van der Waals surface area contributed by atoms with Crippen LogP contribution in [0.5, 0.6) is 5.75 Å². The summed E-state index contributed by atoms with van der Waals surface area (Å²) in [5.74, 6) is -2.18. The monoisotopic (exact) mass is 230 g/mol. The van der Waals surface area contributed by atoms with Crippen molar-refractivity contribution in [3.63, 3.8) is 0 Å². The summed E-state index contributed by atoms with van der Waals surface area (Å²) in [6.07, 6.45) is 0. The first-order valence-corrected chi connectivity index (χ1v) is 4.26. The average Bonchev–Trinajstić information content (AvgIpc) is 2.16. The van der Waals surface area contributed by atoms with Gasteiger partial charge in [-0.3, -0.25) is 0 Å². The summed E-state index contributed by atoms with van der Waals surface area (Å²) in [5, 5.41) is 17.1. The van der Waals surface area contributed by atoms with Crippen LogP contribution < -0.4 is 4.74 Å². The van der Waals surface area contributed by atoms with E-state index in [4.69, 9.17) is 26.6 Å². The van der Waals surface area contributed by atoms with Gasteiger partial charge in [-0.25, -0.2) is 9.59 Å². The van der Waals surface area contributed by atoms with Gasteiger partial charge in [0.25, 0.3) is 0 Å². The summed E-state index contributed by atoms with van der Waals surface area (Å²) < 4.78 is 4.79. The molecule has 0 unspecified atom stereocenters. The molecule has 6 heteroatoms. The summed E-state index contributed by atoms with van der Waals surface area (Å²) in [6, 6.07) is 3.91. The van der Waals surface area contributed by atoms with Crippen LogP contribution in [0.2, 0.25) is 5.02 Å². The van der Waals surface area contributed by atoms with E-state index in [2.05, 4.69) is 0 Å². The van der Waals surface area contributed by atoms with Gasteiger partial charge in [0.1, 0.15) is 5.75 Å². The van der Waals surface area contributed by atoms with Crippen molar-refractivity contribution in [3.8, 4) is 5.75 Å². The molecule has 0 saturated heterocycles. The molecule has 1 aromatic carbocycles. The van der Waals surface area contributed by atoms with E-state index in [0.29, 0.717) is 0 Å². The molecule has 0 fully saturated rings. The minimum atomic E-state index is -1.19. The van der Waals surface area contributed by atoms with Gasteiger partial charge >= 0.3 is 11.9 Å². The van der Waals surface area contributed by atoms with Crippen LogP contribution in [-0.2, 0) is 4.79 Å². The molecule has 1 rings (SSSR count). The molecule has 2 N–H and O–H groups in total. The molecule has 15 heavy (non-hydrogen) atoms. The quantitative estimate of drug-likeness (QED) is 0.819. The Hall–Kier alpha value is -1.75. The highest BCUT2D eigenvalue weighted by Gasteiger charge is 2.10. The molecule has 0 aliphatic carbocycles. The van der Waals surface area contributed by atoms with Gasteiger partial charge in [0.05, 0.1) is 10.6 Å². The van der Waals surface area contributed by atoms with Crippen molar-refractivity contribution in [2.45, 2.75) is 0 Å². The lowest BCUT2D eigenvalue weighted by Crippen LogP contribution is -2.10. The zero-order valence-corrected chi connectivity index (χ0v) is 8.19. The van der Waals surface area contributed by atoms with Crippen LogP contribution >= 0.6 is 11.6 Å². The van der Waals surface area contributed by atoms with Crippen LogP contribution in [0.4, 0.5) is 0 Å². The Labute approximate surface area is 89.9 Å². The van der Waals surface area contributed by atoms with Gasteiger partial charge in [0, 0.05) is 0 Å². The molecule has 0 aliphatic rings. The normalized spacial score (nSPS) is 9.67. The summed E-state index contributed by atoms with van der Waals surface area (Å²) >= 11 is 5.60. The second-order valence-electron chi connectivity index (χ2n) is 2.63. The number of hydrogen-bond donors (Lipinski definition) is 2. The second kappa shape index (κ2) is 4.65. The number of carbonyl (C=O) groups is 2. The summed E-state index contributed by atoms with van der Waals surface area (Å²) in [6.45, 7) is -0.527. The summed E-state index contributed by atoms with van der Waals surface area (Å²) in [4.78, 5) is 20.8. The number of carboxylic acid groups (broad SMARTS) is 2. The number of aromatic carboxylic acids is 1. The first-order chi connectivity index (χ1) is 7.00. The van der Waals surface area contributed by atoms with Gasteiger partial charge in [-0.1, -0.05) is 11.6 Å². The van der Waals surface area contributed by atoms with Crippen molar-refractivity contribution < 1.29 is 24.5 Å². The molecule has 0 atom stereocenters. The first-order valence-electron chi connectivity index (χ1n) is 3.88. The molecule has 1 aromatic rings. The highest BCUT2D eigenvalue weighted by atomic mass is 35.5. The number of benzene rings is 1. The van der Waals surface area contributed by atoms with Crippen molar-refractivity contribution in [3.05, 3.63) is 28.8 Å². The van der Waals surface area contributed by atoms with Crippen LogP contribution in [0.15, 0.2) is 18.2 Å². The first kappa shape index (κ1) is 11.3. The minimum absolute atomic E-state index is 0.0742. The number of rotatable bonds is 4. The number of aliphatic carboxylic acids is 1. The SMILES string of the molecule is O=C(O)COc1ccc(Cl)c(C(=O)O)c1. The highest BCUT2D eigenvalue weighted by molar-refractivity contribution is 6.33. The second-order valence-corrected chi connectivity index (χ2v) is 3.04. The molecule has 0 spiro atoms. The molecule has 0 aliphatic heterocycles. The Balaban J connectivity index is 2.87. The van der Waals surface area contributed by atoms with Crippen LogP contribution in [0, 0.1) is 0 Å².